The van der Waals surface area contributed by atoms with Crippen LogP contribution in [0.3, 0.4) is 0 Å². The van der Waals surface area contributed by atoms with Crippen LogP contribution in [0.4, 0.5) is 35.9 Å². The number of benzene rings is 2. The minimum Gasteiger partial charge on any atom is -0.371 e. The molecule has 2 aromatic carbocycles. The van der Waals surface area contributed by atoms with Crippen molar-refractivity contribution in [3.05, 3.63) is 56.5 Å². The van der Waals surface area contributed by atoms with Crippen LogP contribution in [0.1, 0.15) is 18.4 Å². The maximum absolute atomic E-state index is 13.4. The molecule has 0 saturated heterocycles. The van der Waals surface area contributed by atoms with Crippen molar-refractivity contribution in [2.24, 2.45) is 21.7 Å². The molecule has 0 fully saturated rings. The van der Waals surface area contributed by atoms with Gasteiger partial charge in [0.2, 0.25) is 0 Å². The Morgan fingerprint density at radius 1 is 1.03 bits per heavy atom. The fourth-order valence-electron chi connectivity index (χ4n) is 2.78. The highest BCUT2D eigenvalue weighted by atomic mass is 79.9. The predicted octanol–water partition coefficient (Wildman–Crippen LogP) is 5.30. The van der Waals surface area contributed by atoms with Gasteiger partial charge in [0.25, 0.3) is 5.69 Å². The van der Waals surface area contributed by atoms with Crippen LogP contribution in [-0.2, 0) is 6.18 Å². The number of nitro groups is 1. The van der Waals surface area contributed by atoms with Gasteiger partial charge >= 0.3 is 6.18 Å². The average molecular weight is 503 g/mol. The molecule has 0 aliphatic carbocycles. The van der Waals surface area contributed by atoms with Crippen molar-refractivity contribution >= 4 is 38.7 Å². The van der Waals surface area contributed by atoms with E-state index in [1.54, 1.807) is 24.3 Å². The Balaban J connectivity index is 2.30. The lowest BCUT2D eigenvalue weighted by Crippen LogP contribution is -2.28. The first-order valence-corrected chi connectivity index (χ1v) is 10.2. The number of nitro benzene ring substituents is 1. The van der Waals surface area contributed by atoms with Gasteiger partial charge in [-0.15, -0.1) is 5.11 Å². The van der Waals surface area contributed by atoms with E-state index >= 15 is 0 Å². The van der Waals surface area contributed by atoms with Gasteiger partial charge in [-0.1, -0.05) is 0 Å². The van der Waals surface area contributed by atoms with Crippen LogP contribution in [0.25, 0.3) is 0 Å². The van der Waals surface area contributed by atoms with E-state index in [1.165, 1.54) is 0 Å². The van der Waals surface area contributed by atoms with Gasteiger partial charge in [0, 0.05) is 30.9 Å². The molecule has 0 aromatic heterocycles. The largest absolute Gasteiger partial charge is 0.418 e. The Morgan fingerprint density at radius 3 is 2.10 bits per heavy atom. The van der Waals surface area contributed by atoms with Gasteiger partial charge in [0.05, 0.1) is 20.6 Å². The summed E-state index contributed by atoms with van der Waals surface area (Å²) >= 11 is 2.93. The molecule has 0 bridgehead atoms. The van der Waals surface area contributed by atoms with Crippen molar-refractivity contribution in [3.8, 4) is 0 Å². The third-order valence-electron chi connectivity index (χ3n) is 4.31. The standard InChI is InChI=1S/C19H22BrF3N6O2/c20-17-12-15(29(30)31)11-16(19(21,22)23)18(17)27-26-13-3-5-14(6-4-13)28(9-1-7-24)10-2-8-25/h3-6,11-12H,1-2,7-10,24-25H2. The van der Waals surface area contributed by atoms with Crippen molar-refractivity contribution in [2.75, 3.05) is 31.1 Å². The molecule has 4 N–H and O–H groups in total. The average Bonchev–Trinajstić information content (AvgIpc) is 2.72. The van der Waals surface area contributed by atoms with E-state index in [1.807, 2.05) is 0 Å². The second kappa shape index (κ2) is 11.2. The summed E-state index contributed by atoms with van der Waals surface area (Å²) in [4.78, 5) is 12.1. The summed E-state index contributed by atoms with van der Waals surface area (Å²) < 4.78 is 39.9. The minimum absolute atomic E-state index is 0.177. The number of azo groups is 1. The van der Waals surface area contributed by atoms with Crippen molar-refractivity contribution < 1.29 is 18.1 Å². The van der Waals surface area contributed by atoms with E-state index in [-0.39, 0.29) is 4.47 Å². The van der Waals surface area contributed by atoms with E-state index in [4.69, 9.17) is 11.5 Å². The first kappa shape index (κ1) is 24.7. The molecule has 0 heterocycles. The smallest absolute Gasteiger partial charge is 0.371 e. The van der Waals surface area contributed by atoms with Crippen LogP contribution >= 0.6 is 15.9 Å². The number of hydrogen-bond donors (Lipinski definition) is 2. The van der Waals surface area contributed by atoms with E-state index in [9.17, 15) is 23.3 Å². The summed E-state index contributed by atoms with van der Waals surface area (Å²) in [6.45, 7) is 2.61. The van der Waals surface area contributed by atoms with Gasteiger partial charge < -0.3 is 16.4 Å². The second-order valence-electron chi connectivity index (χ2n) is 6.57. The van der Waals surface area contributed by atoms with Gasteiger partial charge in [0.15, 0.2) is 0 Å². The Hall–Kier alpha value is -2.57. The minimum atomic E-state index is -4.83. The number of nitrogens with two attached hydrogens (primary N) is 2. The molecule has 0 aliphatic rings. The first-order chi connectivity index (χ1) is 14.7. The Bertz CT molecular complexity index is 914. The van der Waals surface area contributed by atoms with Crippen molar-refractivity contribution in [1.82, 2.24) is 0 Å². The second-order valence-corrected chi connectivity index (χ2v) is 7.42. The topological polar surface area (TPSA) is 123 Å². The zero-order valence-corrected chi connectivity index (χ0v) is 18.1. The number of rotatable bonds is 10. The molecule has 0 amide bonds. The van der Waals surface area contributed by atoms with Crippen molar-refractivity contribution in [1.29, 1.82) is 0 Å². The first-order valence-electron chi connectivity index (χ1n) is 9.39. The van der Waals surface area contributed by atoms with Crippen LogP contribution < -0.4 is 16.4 Å². The summed E-state index contributed by atoms with van der Waals surface area (Å²) in [7, 11) is 0. The zero-order valence-electron chi connectivity index (χ0n) is 16.5. The summed E-state index contributed by atoms with van der Waals surface area (Å²) in [5.41, 5.74) is 9.93. The summed E-state index contributed by atoms with van der Waals surface area (Å²) in [6.07, 6.45) is -3.22. The number of halogens is 4. The Kier molecular flexibility index (Phi) is 8.89. The number of non-ortho nitro benzene ring substituents is 1. The fourth-order valence-corrected chi connectivity index (χ4v) is 3.31. The molecule has 31 heavy (non-hydrogen) atoms. The van der Waals surface area contributed by atoms with Gasteiger partial charge in [-0.3, -0.25) is 10.1 Å². The molecule has 0 saturated carbocycles. The lowest BCUT2D eigenvalue weighted by Gasteiger charge is -2.24. The van der Waals surface area contributed by atoms with Crippen LogP contribution in [0.15, 0.2) is 51.1 Å². The molecule has 0 radical (unpaired) electrons. The van der Waals surface area contributed by atoms with Crippen molar-refractivity contribution in [2.45, 2.75) is 19.0 Å². The molecule has 12 heteroatoms. The third kappa shape index (κ3) is 6.97. The third-order valence-corrected chi connectivity index (χ3v) is 4.91. The Morgan fingerprint density at radius 2 is 1.61 bits per heavy atom. The predicted molar refractivity (Wildman–Crippen MR) is 116 cm³/mol. The quantitative estimate of drug-likeness (QED) is 0.259. The summed E-state index contributed by atoms with van der Waals surface area (Å²) in [6, 6.07) is 8.23. The lowest BCUT2D eigenvalue weighted by molar-refractivity contribution is -0.385. The summed E-state index contributed by atoms with van der Waals surface area (Å²) in [5, 5.41) is 18.5. The van der Waals surface area contributed by atoms with Crippen LogP contribution in [-0.4, -0.2) is 31.1 Å². The highest BCUT2D eigenvalue weighted by Crippen LogP contribution is 2.43. The number of nitrogens with zero attached hydrogens (tertiary/aromatic N) is 4. The molecular formula is C19H22BrF3N6O2. The fraction of sp³-hybridized carbons (Fsp3) is 0.368. The molecule has 2 rings (SSSR count). The molecule has 0 aliphatic heterocycles. The Labute approximate surface area is 185 Å². The highest BCUT2D eigenvalue weighted by molar-refractivity contribution is 9.10. The number of alkyl halides is 3. The molecule has 0 atom stereocenters. The van der Waals surface area contributed by atoms with Gasteiger partial charge in [-0.2, -0.15) is 18.3 Å². The molecule has 0 spiro atoms. The highest BCUT2D eigenvalue weighted by Gasteiger charge is 2.36. The van der Waals surface area contributed by atoms with Crippen LogP contribution in [0.5, 0.6) is 0 Å². The van der Waals surface area contributed by atoms with Crippen molar-refractivity contribution in [3.63, 3.8) is 0 Å². The molecule has 8 nitrogen and oxygen atoms in total. The molecule has 0 unspecified atom stereocenters. The van der Waals surface area contributed by atoms with E-state index in [2.05, 4.69) is 31.1 Å². The van der Waals surface area contributed by atoms with E-state index in [0.717, 1.165) is 37.7 Å². The number of anilines is 1. The summed E-state index contributed by atoms with van der Waals surface area (Å²) in [5.74, 6) is 0. The maximum Gasteiger partial charge on any atom is 0.418 e. The van der Waals surface area contributed by atoms with Crippen LogP contribution in [0.2, 0.25) is 0 Å². The lowest BCUT2D eigenvalue weighted by atomic mass is 10.1. The van der Waals surface area contributed by atoms with E-state index in [0.29, 0.717) is 24.8 Å². The monoisotopic (exact) mass is 502 g/mol. The maximum atomic E-state index is 13.4. The normalized spacial score (nSPS) is 11.8. The molecular weight excluding hydrogens is 481 g/mol. The van der Waals surface area contributed by atoms with Gasteiger partial charge in [0.1, 0.15) is 5.69 Å². The zero-order chi connectivity index (χ0) is 23.0. The molecule has 168 valence electrons. The van der Waals surface area contributed by atoms with Gasteiger partial charge in [-0.05, 0) is 66.1 Å². The SMILES string of the molecule is NCCCN(CCCN)c1ccc(N=Nc2c(Br)cc([N+](=O)[O-])cc2C(F)(F)F)cc1. The number of hydrogen-bond acceptors (Lipinski definition) is 7. The van der Waals surface area contributed by atoms with Gasteiger partial charge in [-0.25, -0.2) is 0 Å². The molecule has 2 aromatic rings. The van der Waals surface area contributed by atoms with Crippen LogP contribution in [0, 0.1) is 10.1 Å². The van der Waals surface area contributed by atoms with E-state index < -0.39 is 28.0 Å².